The van der Waals surface area contributed by atoms with Gasteiger partial charge in [-0.25, -0.2) is 9.10 Å². The number of β-lactam (4-membered cyclic amide) rings is 1. The predicted octanol–water partition coefficient (Wildman–Crippen LogP) is 0.319. The number of anilines is 2. The number of carboxylic acids is 1. The summed E-state index contributed by atoms with van der Waals surface area (Å²) in [7, 11) is -3.84. The number of benzene rings is 1. The van der Waals surface area contributed by atoms with Gasteiger partial charge in [0.2, 0.25) is 5.91 Å². The Morgan fingerprint density at radius 1 is 1.32 bits per heavy atom. The first-order chi connectivity index (χ1) is 14.2. The number of amides is 1. The largest absolute Gasteiger partial charge is 0.477 e. The van der Waals surface area contributed by atoms with Gasteiger partial charge in [-0.05, 0) is 37.0 Å². The van der Waals surface area contributed by atoms with Gasteiger partial charge in [0.25, 0.3) is 0 Å². The first-order valence-corrected chi connectivity index (χ1v) is 11.5. The minimum Gasteiger partial charge on any atom is -0.477 e. The van der Waals surface area contributed by atoms with Crippen LogP contribution in [-0.4, -0.2) is 90.2 Å². The Hall–Kier alpha value is -1.59. The summed E-state index contributed by atoms with van der Waals surface area (Å²) in [5, 5.41) is 19.8. The van der Waals surface area contributed by atoms with E-state index in [4.69, 9.17) is 0 Å². The van der Waals surface area contributed by atoms with Crippen molar-refractivity contribution < 1.29 is 28.2 Å². The zero-order valence-electron chi connectivity index (χ0n) is 17.6. The third-order valence-electron chi connectivity index (χ3n) is 6.81. The summed E-state index contributed by atoms with van der Waals surface area (Å²) in [5.41, 5.74) is 2.42. The number of carbonyl (C=O) groups excluding carboxylic acids is 1. The van der Waals surface area contributed by atoms with Crippen molar-refractivity contribution in [2.75, 3.05) is 21.7 Å². The van der Waals surface area contributed by atoms with Crippen molar-refractivity contribution in [3.05, 3.63) is 35.0 Å². The summed E-state index contributed by atoms with van der Waals surface area (Å²) in [4.78, 5) is 25.8. The Morgan fingerprint density at radius 3 is 2.68 bits per heavy atom. The van der Waals surface area contributed by atoms with Crippen LogP contribution >= 0.6 is 0 Å². The van der Waals surface area contributed by atoms with Crippen molar-refractivity contribution in [3.8, 4) is 0 Å². The molecular weight excluding hydrogens is 433 g/mol. The molecule has 4 aliphatic rings. The topological polar surface area (TPSA) is 118 Å². The van der Waals surface area contributed by atoms with Crippen molar-refractivity contribution in [1.82, 2.24) is 4.90 Å². The van der Waals surface area contributed by atoms with Gasteiger partial charge in [-0.2, -0.15) is 8.42 Å². The SMILES string of the molecule is C[C@@H](O)[C@H]1C(=O)N2C(C(=O)O)=C(CN3c4cccc5c4N(CCC5)S3(=O)=O)[C@H](C)[C@H]12.[Na]. The Bertz CT molecular complexity index is 1120. The number of aliphatic hydroxyl groups excluding tert-OH is 1. The van der Waals surface area contributed by atoms with Crippen LogP contribution < -0.4 is 8.61 Å². The molecule has 1 radical (unpaired) electrons. The maximum atomic E-state index is 13.3. The molecule has 161 valence electrons. The van der Waals surface area contributed by atoms with Gasteiger partial charge in [0.1, 0.15) is 5.70 Å². The van der Waals surface area contributed by atoms with Crippen molar-refractivity contribution >= 4 is 63.0 Å². The van der Waals surface area contributed by atoms with Crippen LogP contribution in [-0.2, 0) is 26.2 Å². The minimum atomic E-state index is -3.84. The van der Waals surface area contributed by atoms with E-state index in [0.29, 0.717) is 23.5 Å². The van der Waals surface area contributed by atoms with Crippen LogP contribution in [0.1, 0.15) is 25.8 Å². The monoisotopic (exact) mass is 456 g/mol. The Kier molecular flexibility index (Phi) is 5.45. The summed E-state index contributed by atoms with van der Waals surface area (Å²) in [5.74, 6) is -2.75. The van der Waals surface area contributed by atoms with Gasteiger partial charge in [0.05, 0.1) is 36.0 Å². The molecule has 0 saturated carbocycles. The maximum Gasteiger partial charge on any atom is 0.352 e. The van der Waals surface area contributed by atoms with E-state index < -0.39 is 40.1 Å². The van der Waals surface area contributed by atoms with Crippen LogP contribution in [0.3, 0.4) is 0 Å². The quantitative estimate of drug-likeness (QED) is 0.498. The van der Waals surface area contributed by atoms with E-state index in [1.807, 2.05) is 12.1 Å². The number of nitrogens with zero attached hydrogens (tertiary/aromatic N) is 3. The zero-order chi connectivity index (χ0) is 21.5. The van der Waals surface area contributed by atoms with Crippen LogP contribution in [0.5, 0.6) is 0 Å². The van der Waals surface area contributed by atoms with Gasteiger partial charge < -0.3 is 15.1 Å². The number of aliphatic carboxylic acids is 1. The fraction of sp³-hybridized carbons (Fsp3) is 0.500. The van der Waals surface area contributed by atoms with Crippen LogP contribution in [0.2, 0.25) is 0 Å². The van der Waals surface area contributed by atoms with E-state index >= 15 is 0 Å². The third kappa shape index (κ3) is 2.92. The molecule has 1 amide bonds. The molecule has 4 aliphatic heterocycles. The molecule has 0 unspecified atom stereocenters. The standard InChI is InChI=1S/C20H23N3O6S.Na/c1-10-13(18(20(26)27)23-16(10)15(11(2)24)19(23)25)9-22-14-7-3-5-12-6-4-8-21(17(12)14)30(22,28)29;/h3,5,7,10-11,15-16,24H,4,6,8-9H2,1-2H3,(H,26,27);/t10-,11+,15+,16+;/m0./s1. The average molecular weight is 456 g/mol. The number of para-hydroxylation sites is 1. The number of hydrogen-bond acceptors (Lipinski definition) is 5. The van der Waals surface area contributed by atoms with Crippen LogP contribution in [0.4, 0.5) is 11.4 Å². The van der Waals surface area contributed by atoms with E-state index in [-0.39, 0.29) is 47.7 Å². The van der Waals surface area contributed by atoms with E-state index in [2.05, 4.69) is 0 Å². The molecule has 4 atom stereocenters. The second-order valence-electron chi connectivity index (χ2n) is 8.41. The van der Waals surface area contributed by atoms with Crippen molar-refractivity contribution in [2.45, 2.75) is 38.8 Å². The maximum absolute atomic E-state index is 13.3. The van der Waals surface area contributed by atoms with Gasteiger partial charge in [0.15, 0.2) is 0 Å². The fourth-order valence-corrected chi connectivity index (χ4v) is 7.18. The van der Waals surface area contributed by atoms with Gasteiger partial charge >= 0.3 is 16.2 Å². The third-order valence-corrected chi connectivity index (χ3v) is 8.62. The van der Waals surface area contributed by atoms with E-state index in [1.54, 1.807) is 13.0 Å². The number of aliphatic hydroxyl groups is 1. The first kappa shape index (κ1) is 22.6. The van der Waals surface area contributed by atoms with Gasteiger partial charge in [-0.15, -0.1) is 0 Å². The minimum absolute atomic E-state index is 0. The first-order valence-electron chi connectivity index (χ1n) is 10.1. The smallest absolute Gasteiger partial charge is 0.352 e. The zero-order valence-corrected chi connectivity index (χ0v) is 20.5. The number of rotatable bonds is 4. The molecule has 9 nitrogen and oxygen atoms in total. The van der Waals surface area contributed by atoms with Crippen LogP contribution in [0, 0.1) is 11.8 Å². The van der Waals surface area contributed by atoms with Gasteiger partial charge in [-0.1, -0.05) is 19.1 Å². The molecule has 2 N–H and O–H groups in total. The molecule has 0 spiro atoms. The van der Waals surface area contributed by atoms with Crippen LogP contribution in [0.25, 0.3) is 0 Å². The summed E-state index contributed by atoms with van der Waals surface area (Å²) in [6, 6.07) is 5.00. The van der Waals surface area contributed by atoms with Gasteiger partial charge in [-0.3, -0.25) is 9.10 Å². The number of fused-ring (bicyclic) bond motifs is 1. The molecule has 0 bridgehead atoms. The number of hydrogen-bond donors (Lipinski definition) is 2. The Balaban J connectivity index is 0.00000231. The predicted molar refractivity (Wildman–Crippen MR) is 114 cm³/mol. The summed E-state index contributed by atoms with van der Waals surface area (Å²) in [6.45, 7) is 3.56. The van der Waals surface area contributed by atoms with Gasteiger partial charge in [0, 0.05) is 42.0 Å². The normalized spacial score (nSPS) is 28.7. The molecule has 31 heavy (non-hydrogen) atoms. The average Bonchev–Trinajstić information content (AvgIpc) is 3.05. The van der Waals surface area contributed by atoms with E-state index in [0.717, 1.165) is 18.4 Å². The molecule has 11 heteroatoms. The second kappa shape index (κ2) is 7.48. The van der Waals surface area contributed by atoms with E-state index in [9.17, 15) is 28.2 Å². The van der Waals surface area contributed by atoms with Crippen molar-refractivity contribution in [2.24, 2.45) is 11.8 Å². The summed E-state index contributed by atoms with van der Waals surface area (Å²) < 4.78 is 29.3. The van der Waals surface area contributed by atoms with Crippen molar-refractivity contribution in [1.29, 1.82) is 0 Å². The Morgan fingerprint density at radius 2 is 2.03 bits per heavy atom. The summed E-state index contributed by atoms with van der Waals surface area (Å²) in [6.07, 6.45) is 0.616. The second-order valence-corrected chi connectivity index (χ2v) is 10.2. The summed E-state index contributed by atoms with van der Waals surface area (Å²) >= 11 is 0. The fourth-order valence-electron chi connectivity index (χ4n) is 5.44. The molecule has 5 rings (SSSR count). The van der Waals surface area contributed by atoms with Crippen LogP contribution in [0.15, 0.2) is 29.5 Å². The molecule has 4 heterocycles. The molecular formula is C20H23N3NaO6S. The number of carboxylic acid groups (broad SMARTS) is 1. The molecule has 0 aliphatic carbocycles. The molecule has 1 fully saturated rings. The molecule has 1 aromatic rings. The molecule has 0 aromatic heterocycles. The molecule has 1 saturated heterocycles. The van der Waals surface area contributed by atoms with E-state index in [1.165, 1.54) is 20.4 Å². The van der Waals surface area contributed by atoms with Crippen molar-refractivity contribution in [3.63, 3.8) is 0 Å². The number of carbonyl (C=O) groups is 2. The Labute approximate surface area is 202 Å². The number of aryl methyl sites for hydroxylation is 1. The molecule has 1 aromatic carbocycles.